The van der Waals surface area contributed by atoms with E-state index >= 15 is 0 Å². The van der Waals surface area contributed by atoms with Gasteiger partial charge in [-0.25, -0.2) is 0 Å². The molecule has 0 aromatic heterocycles. The van der Waals surface area contributed by atoms with E-state index in [0.29, 0.717) is 0 Å². The fourth-order valence-corrected chi connectivity index (χ4v) is 1.15. The van der Waals surface area contributed by atoms with Gasteiger partial charge in [-0.2, -0.15) is 14.0 Å². The second-order valence-electron chi connectivity index (χ2n) is 3.07. The van der Waals surface area contributed by atoms with E-state index in [1.54, 1.807) is 0 Å². The molecule has 17 heavy (non-hydrogen) atoms. The molecule has 6 heteroatoms. The number of amides is 1. The van der Waals surface area contributed by atoms with Crippen LogP contribution in [0.3, 0.4) is 0 Å². The Balaban J connectivity index is 2.64. The zero-order chi connectivity index (χ0) is 12.7. The summed E-state index contributed by atoms with van der Waals surface area (Å²) in [4.78, 5) is 11.5. The van der Waals surface area contributed by atoms with Gasteiger partial charge in [0.2, 0.25) is 0 Å². The summed E-state index contributed by atoms with van der Waals surface area (Å²) in [6.07, 6.45) is 0.193. The second kappa shape index (κ2) is 6.43. The van der Waals surface area contributed by atoms with Crippen LogP contribution >= 0.6 is 0 Å². The van der Waals surface area contributed by atoms with Crippen molar-refractivity contribution in [2.45, 2.75) is 13.0 Å². The van der Waals surface area contributed by atoms with Crippen LogP contribution in [-0.4, -0.2) is 19.1 Å². The van der Waals surface area contributed by atoms with Gasteiger partial charge in [0.1, 0.15) is 5.75 Å². The van der Waals surface area contributed by atoms with Gasteiger partial charge in [0.25, 0.3) is 5.91 Å². The average Bonchev–Trinajstić information content (AvgIpc) is 2.28. The normalized spacial score (nSPS) is 9.76. The second-order valence-corrected chi connectivity index (χ2v) is 3.07. The third-order valence-corrected chi connectivity index (χ3v) is 1.84. The lowest BCUT2D eigenvalue weighted by Crippen LogP contribution is -2.24. The van der Waals surface area contributed by atoms with Crippen molar-refractivity contribution in [3.05, 3.63) is 29.8 Å². The fourth-order valence-electron chi connectivity index (χ4n) is 1.15. The quantitative estimate of drug-likeness (QED) is 0.800. The van der Waals surface area contributed by atoms with Crippen LogP contribution in [0.1, 0.15) is 16.8 Å². The first-order valence-electron chi connectivity index (χ1n) is 4.83. The van der Waals surface area contributed by atoms with Gasteiger partial charge in [-0.05, 0) is 18.2 Å². The zero-order valence-corrected chi connectivity index (χ0v) is 8.82. The lowest BCUT2D eigenvalue weighted by atomic mass is 10.2. The molecule has 1 aromatic carbocycles. The Morgan fingerprint density at radius 2 is 2.29 bits per heavy atom. The number of ether oxygens (including phenoxy) is 1. The zero-order valence-electron chi connectivity index (χ0n) is 8.82. The molecule has 0 atom stereocenters. The summed E-state index contributed by atoms with van der Waals surface area (Å²) in [7, 11) is 0. The monoisotopic (exact) mass is 240 g/mol. The van der Waals surface area contributed by atoms with Gasteiger partial charge in [-0.3, -0.25) is 4.79 Å². The van der Waals surface area contributed by atoms with E-state index in [0.717, 1.165) is 0 Å². The number of hydrogen-bond acceptors (Lipinski definition) is 3. The Labute approximate surface area is 96.8 Å². The highest BCUT2D eigenvalue weighted by molar-refractivity contribution is 5.94. The highest BCUT2D eigenvalue weighted by Crippen LogP contribution is 2.15. The highest BCUT2D eigenvalue weighted by Gasteiger charge is 2.08. The number of carbonyl (C=O) groups is 1. The van der Waals surface area contributed by atoms with Crippen LogP contribution in [0.4, 0.5) is 8.78 Å². The molecule has 0 saturated carbocycles. The predicted octanol–water partition coefficient (Wildman–Crippen LogP) is 1.93. The number of benzene rings is 1. The molecule has 90 valence electrons. The third kappa shape index (κ3) is 4.47. The first-order valence-corrected chi connectivity index (χ1v) is 4.83. The largest absolute Gasteiger partial charge is 0.435 e. The number of nitrogens with zero attached hydrogens (tertiary/aromatic N) is 1. The van der Waals surface area contributed by atoms with Crippen LogP contribution in [0, 0.1) is 11.3 Å². The number of hydrogen-bond donors (Lipinski definition) is 1. The molecule has 1 amide bonds. The van der Waals surface area contributed by atoms with E-state index in [1.807, 2.05) is 6.07 Å². The Morgan fingerprint density at radius 1 is 1.53 bits per heavy atom. The van der Waals surface area contributed by atoms with Gasteiger partial charge in [0, 0.05) is 12.1 Å². The van der Waals surface area contributed by atoms with E-state index < -0.39 is 12.5 Å². The van der Waals surface area contributed by atoms with E-state index in [4.69, 9.17) is 5.26 Å². The molecule has 0 heterocycles. The molecule has 0 aliphatic rings. The summed E-state index contributed by atoms with van der Waals surface area (Å²) in [5.74, 6) is -0.507. The molecule has 0 saturated heterocycles. The summed E-state index contributed by atoms with van der Waals surface area (Å²) >= 11 is 0. The van der Waals surface area contributed by atoms with Crippen LogP contribution in [0.2, 0.25) is 0 Å². The van der Waals surface area contributed by atoms with Gasteiger partial charge < -0.3 is 10.1 Å². The maximum absolute atomic E-state index is 11.9. The van der Waals surface area contributed by atoms with Gasteiger partial charge in [0.05, 0.1) is 12.5 Å². The van der Waals surface area contributed by atoms with Gasteiger partial charge in [0.15, 0.2) is 0 Å². The summed E-state index contributed by atoms with van der Waals surface area (Å²) in [6, 6.07) is 7.33. The van der Waals surface area contributed by atoms with Gasteiger partial charge in [-0.15, -0.1) is 0 Å². The van der Waals surface area contributed by atoms with Gasteiger partial charge >= 0.3 is 6.61 Å². The number of rotatable bonds is 5. The lowest BCUT2D eigenvalue weighted by Gasteiger charge is -2.06. The molecule has 0 spiro atoms. The van der Waals surface area contributed by atoms with E-state index in [-0.39, 0.29) is 24.3 Å². The maximum Gasteiger partial charge on any atom is 0.387 e. The van der Waals surface area contributed by atoms with Crippen LogP contribution in [-0.2, 0) is 0 Å². The van der Waals surface area contributed by atoms with E-state index in [2.05, 4.69) is 10.1 Å². The number of alkyl halides is 2. The minimum absolute atomic E-state index is 0.0760. The van der Waals surface area contributed by atoms with Crippen LogP contribution in [0.25, 0.3) is 0 Å². The molecular formula is C11H10F2N2O2. The molecule has 1 aromatic rings. The fraction of sp³-hybridized carbons (Fsp3) is 0.273. The summed E-state index contributed by atoms with van der Waals surface area (Å²) < 4.78 is 28.1. The van der Waals surface area contributed by atoms with E-state index in [9.17, 15) is 13.6 Å². The minimum atomic E-state index is -2.92. The van der Waals surface area contributed by atoms with Crippen molar-refractivity contribution < 1.29 is 18.3 Å². The van der Waals surface area contributed by atoms with Crippen molar-refractivity contribution >= 4 is 5.91 Å². The predicted molar refractivity (Wildman–Crippen MR) is 55.6 cm³/mol. The Kier molecular flexibility index (Phi) is 4.88. The van der Waals surface area contributed by atoms with Crippen molar-refractivity contribution in [2.75, 3.05) is 6.54 Å². The van der Waals surface area contributed by atoms with Crippen LogP contribution in [0.15, 0.2) is 24.3 Å². The molecule has 1 N–H and O–H groups in total. The Morgan fingerprint density at radius 3 is 2.94 bits per heavy atom. The van der Waals surface area contributed by atoms with Crippen molar-refractivity contribution in [2.24, 2.45) is 0 Å². The topological polar surface area (TPSA) is 62.1 Å². The van der Waals surface area contributed by atoms with Crippen molar-refractivity contribution in [1.29, 1.82) is 5.26 Å². The molecule has 0 aliphatic carbocycles. The first-order chi connectivity index (χ1) is 8.13. The lowest BCUT2D eigenvalue weighted by molar-refractivity contribution is -0.0498. The molecule has 0 fully saturated rings. The number of nitriles is 1. The van der Waals surface area contributed by atoms with Crippen molar-refractivity contribution in [3.8, 4) is 11.8 Å². The molecule has 0 unspecified atom stereocenters. The molecule has 0 radical (unpaired) electrons. The minimum Gasteiger partial charge on any atom is -0.435 e. The Hall–Kier alpha value is -2.16. The summed E-state index contributed by atoms with van der Waals surface area (Å²) in [5, 5.41) is 10.8. The van der Waals surface area contributed by atoms with Crippen molar-refractivity contribution in [1.82, 2.24) is 5.32 Å². The molecule has 1 rings (SSSR count). The molecule has 4 nitrogen and oxygen atoms in total. The van der Waals surface area contributed by atoms with Crippen LogP contribution in [0.5, 0.6) is 5.75 Å². The summed E-state index contributed by atoms with van der Waals surface area (Å²) in [5.41, 5.74) is 0.209. The maximum atomic E-state index is 11.9. The van der Waals surface area contributed by atoms with Crippen molar-refractivity contribution in [3.63, 3.8) is 0 Å². The number of halogens is 2. The number of nitrogens with one attached hydrogen (secondary N) is 1. The molecular weight excluding hydrogens is 230 g/mol. The standard InChI is InChI=1S/C11H10F2N2O2/c12-11(13)17-9-4-1-3-8(7-9)10(16)15-6-2-5-14/h1,3-4,7,11H,2,6H2,(H,15,16). The third-order valence-electron chi connectivity index (χ3n) is 1.84. The van der Waals surface area contributed by atoms with Crippen LogP contribution < -0.4 is 10.1 Å². The molecule has 0 bridgehead atoms. The number of carbonyl (C=O) groups excluding carboxylic acids is 1. The summed E-state index contributed by atoms with van der Waals surface area (Å²) in [6.45, 7) is -2.71. The highest BCUT2D eigenvalue weighted by atomic mass is 19.3. The molecule has 0 aliphatic heterocycles. The average molecular weight is 240 g/mol. The van der Waals surface area contributed by atoms with E-state index in [1.165, 1.54) is 24.3 Å². The first kappa shape index (κ1) is 12.9. The smallest absolute Gasteiger partial charge is 0.387 e. The van der Waals surface area contributed by atoms with Gasteiger partial charge in [-0.1, -0.05) is 6.07 Å². The Bertz CT molecular complexity index is 430. The SMILES string of the molecule is N#CCCNC(=O)c1cccc(OC(F)F)c1.